The SMILES string of the molecule is COC(=O)c1ccsc1NC(=O)CCCSCc1ccccc1. The monoisotopic (exact) mass is 349 g/mol. The van der Waals surface area contributed by atoms with Crippen LogP contribution in [0, 0.1) is 0 Å². The Morgan fingerprint density at radius 1 is 1.22 bits per heavy atom. The molecule has 0 spiro atoms. The van der Waals surface area contributed by atoms with E-state index in [9.17, 15) is 9.59 Å². The van der Waals surface area contributed by atoms with E-state index in [4.69, 9.17) is 0 Å². The van der Waals surface area contributed by atoms with Crippen LogP contribution in [-0.4, -0.2) is 24.7 Å². The van der Waals surface area contributed by atoms with Gasteiger partial charge in [0.15, 0.2) is 0 Å². The molecule has 1 amide bonds. The van der Waals surface area contributed by atoms with E-state index in [1.165, 1.54) is 24.0 Å². The number of thiophene rings is 1. The van der Waals surface area contributed by atoms with E-state index < -0.39 is 5.97 Å². The summed E-state index contributed by atoms with van der Waals surface area (Å²) in [7, 11) is 1.33. The van der Waals surface area contributed by atoms with E-state index in [0.29, 0.717) is 17.0 Å². The van der Waals surface area contributed by atoms with Gasteiger partial charge in [-0.2, -0.15) is 11.8 Å². The van der Waals surface area contributed by atoms with Gasteiger partial charge in [0.2, 0.25) is 5.91 Å². The molecule has 0 unspecified atom stereocenters. The Labute approximate surface area is 144 Å². The zero-order valence-corrected chi connectivity index (χ0v) is 14.5. The molecular formula is C17H19NO3S2. The van der Waals surface area contributed by atoms with Gasteiger partial charge in [0.25, 0.3) is 0 Å². The first-order valence-electron chi connectivity index (χ1n) is 7.28. The summed E-state index contributed by atoms with van der Waals surface area (Å²) in [5.41, 5.74) is 1.70. The first kappa shape index (κ1) is 17.6. The van der Waals surface area contributed by atoms with Crippen molar-refractivity contribution in [1.29, 1.82) is 0 Å². The lowest BCUT2D eigenvalue weighted by molar-refractivity contribution is -0.116. The average Bonchev–Trinajstić information content (AvgIpc) is 3.03. The first-order chi connectivity index (χ1) is 11.2. The molecule has 2 rings (SSSR count). The Morgan fingerprint density at radius 2 is 2.00 bits per heavy atom. The number of hydrogen-bond donors (Lipinski definition) is 1. The van der Waals surface area contributed by atoms with E-state index in [1.54, 1.807) is 11.4 Å². The van der Waals surface area contributed by atoms with Crippen molar-refractivity contribution in [2.75, 3.05) is 18.2 Å². The van der Waals surface area contributed by atoms with Crippen LogP contribution in [0.2, 0.25) is 0 Å². The van der Waals surface area contributed by atoms with Gasteiger partial charge >= 0.3 is 5.97 Å². The van der Waals surface area contributed by atoms with Crippen LogP contribution in [0.4, 0.5) is 5.00 Å². The minimum absolute atomic E-state index is 0.0714. The molecule has 0 saturated heterocycles. The smallest absolute Gasteiger partial charge is 0.340 e. The molecule has 122 valence electrons. The van der Waals surface area contributed by atoms with Crippen molar-refractivity contribution >= 4 is 40.0 Å². The van der Waals surface area contributed by atoms with Gasteiger partial charge in [-0.15, -0.1) is 11.3 Å². The van der Waals surface area contributed by atoms with Crippen molar-refractivity contribution in [3.05, 3.63) is 52.9 Å². The van der Waals surface area contributed by atoms with E-state index in [0.717, 1.165) is 17.9 Å². The number of amides is 1. The van der Waals surface area contributed by atoms with Gasteiger partial charge in [-0.05, 0) is 29.2 Å². The molecular weight excluding hydrogens is 330 g/mol. The molecule has 6 heteroatoms. The number of rotatable bonds is 8. The van der Waals surface area contributed by atoms with Crippen molar-refractivity contribution in [2.24, 2.45) is 0 Å². The van der Waals surface area contributed by atoms with Crippen LogP contribution in [0.15, 0.2) is 41.8 Å². The van der Waals surface area contributed by atoms with Crippen molar-refractivity contribution in [1.82, 2.24) is 0 Å². The van der Waals surface area contributed by atoms with E-state index >= 15 is 0 Å². The quantitative estimate of drug-likeness (QED) is 0.573. The predicted octanol–water partition coefficient (Wildman–Crippen LogP) is 4.19. The highest BCUT2D eigenvalue weighted by Crippen LogP contribution is 2.24. The summed E-state index contributed by atoms with van der Waals surface area (Å²) in [6.45, 7) is 0. The molecule has 23 heavy (non-hydrogen) atoms. The minimum atomic E-state index is -0.431. The summed E-state index contributed by atoms with van der Waals surface area (Å²) in [6, 6.07) is 11.9. The number of methoxy groups -OCH3 is 1. The van der Waals surface area contributed by atoms with Crippen molar-refractivity contribution in [3.63, 3.8) is 0 Å². The number of carbonyl (C=O) groups excluding carboxylic acids is 2. The molecule has 1 N–H and O–H groups in total. The molecule has 0 aliphatic rings. The summed E-state index contributed by atoms with van der Waals surface area (Å²) in [4.78, 5) is 23.5. The van der Waals surface area contributed by atoms with Gasteiger partial charge in [0, 0.05) is 12.2 Å². The maximum Gasteiger partial charge on any atom is 0.340 e. The summed E-state index contributed by atoms with van der Waals surface area (Å²) < 4.78 is 4.69. The lowest BCUT2D eigenvalue weighted by atomic mass is 10.2. The summed E-state index contributed by atoms with van der Waals surface area (Å²) in [6.07, 6.45) is 1.25. The third-order valence-electron chi connectivity index (χ3n) is 3.13. The highest BCUT2D eigenvalue weighted by Gasteiger charge is 2.15. The van der Waals surface area contributed by atoms with Crippen LogP contribution in [0.25, 0.3) is 0 Å². The Bertz CT molecular complexity index is 640. The first-order valence-corrected chi connectivity index (χ1v) is 9.31. The molecule has 1 heterocycles. The van der Waals surface area contributed by atoms with Gasteiger partial charge < -0.3 is 10.1 Å². The minimum Gasteiger partial charge on any atom is -0.465 e. The highest BCUT2D eigenvalue weighted by atomic mass is 32.2. The van der Waals surface area contributed by atoms with Crippen molar-refractivity contribution in [2.45, 2.75) is 18.6 Å². The fraction of sp³-hybridized carbons (Fsp3) is 0.294. The third-order valence-corrected chi connectivity index (χ3v) is 5.07. The molecule has 1 aromatic heterocycles. The van der Waals surface area contributed by atoms with Crippen LogP contribution in [0.3, 0.4) is 0 Å². The summed E-state index contributed by atoms with van der Waals surface area (Å²) in [5.74, 6) is 1.38. The molecule has 4 nitrogen and oxygen atoms in total. The molecule has 0 atom stereocenters. The number of anilines is 1. The van der Waals surface area contributed by atoms with Crippen molar-refractivity contribution in [3.8, 4) is 0 Å². The number of benzene rings is 1. The van der Waals surface area contributed by atoms with Crippen LogP contribution < -0.4 is 5.32 Å². The molecule has 1 aromatic carbocycles. The Hall–Kier alpha value is -1.79. The molecule has 0 radical (unpaired) electrons. The van der Waals surface area contributed by atoms with Gasteiger partial charge in [0.05, 0.1) is 12.7 Å². The number of hydrogen-bond acceptors (Lipinski definition) is 5. The number of nitrogens with one attached hydrogen (secondary N) is 1. The fourth-order valence-corrected chi connectivity index (χ4v) is 3.68. The van der Waals surface area contributed by atoms with E-state index in [1.807, 2.05) is 30.0 Å². The molecule has 0 fully saturated rings. The van der Waals surface area contributed by atoms with Crippen LogP contribution in [-0.2, 0) is 15.3 Å². The van der Waals surface area contributed by atoms with Gasteiger partial charge in [-0.1, -0.05) is 30.3 Å². The largest absolute Gasteiger partial charge is 0.465 e. The van der Waals surface area contributed by atoms with Crippen LogP contribution >= 0.6 is 23.1 Å². The molecule has 0 bridgehead atoms. The van der Waals surface area contributed by atoms with Crippen LogP contribution in [0.5, 0.6) is 0 Å². The third kappa shape index (κ3) is 5.73. The molecule has 2 aromatic rings. The maximum absolute atomic E-state index is 11.9. The average molecular weight is 349 g/mol. The van der Waals surface area contributed by atoms with Gasteiger partial charge in [0.1, 0.15) is 5.00 Å². The van der Waals surface area contributed by atoms with Crippen molar-refractivity contribution < 1.29 is 14.3 Å². The Morgan fingerprint density at radius 3 is 2.74 bits per heavy atom. The standard InChI is InChI=1S/C17H19NO3S2/c1-21-17(20)14-9-11-23-16(14)18-15(19)8-5-10-22-12-13-6-3-2-4-7-13/h2-4,6-7,9,11H,5,8,10,12H2,1H3,(H,18,19). The maximum atomic E-state index is 11.9. The number of carbonyl (C=O) groups is 2. The van der Waals surface area contributed by atoms with Crippen LogP contribution in [0.1, 0.15) is 28.8 Å². The zero-order valence-electron chi connectivity index (χ0n) is 12.9. The van der Waals surface area contributed by atoms with Gasteiger partial charge in [-0.3, -0.25) is 4.79 Å². The Kier molecular flexibility index (Phi) is 7.16. The van der Waals surface area contributed by atoms with Gasteiger partial charge in [-0.25, -0.2) is 4.79 Å². The topological polar surface area (TPSA) is 55.4 Å². The second-order valence-corrected chi connectivity index (χ2v) is 6.87. The zero-order chi connectivity index (χ0) is 16.5. The summed E-state index contributed by atoms with van der Waals surface area (Å²) >= 11 is 3.14. The highest BCUT2D eigenvalue weighted by molar-refractivity contribution is 7.98. The predicted molar refractivity (Wildman–Crippen MR) is 96.1 cm³/mol. The molecule has 0 aliphatic heterocycles. The molecule has 0 saturated carbocycles. The second-order valence-electron chi connectivity index (χ2n) is 4.84. The Balaban J connectivity index is 1.67. The number of ether oxygens (including phenoxy) is 1. The number of thioether (sulfide) groups is 1. The number of esters is 1. The van der Waals surface area contributed by atoms with E-state index in [-0.39, 0.29) is 5.91 Å². The van der Waals surface area contributed by atoms with E-state index in [2.05, 4.69) is 22.2 Å². The lowest BCUT2D eigenvalue weighted by Gasteiger charge is -2.05. The second kappa shape index (κ2) is 9.37. The fourth-order valence-electron chi connectivity index (χ4n) is 1.96. The summed E-state index contributed by atoms with van der Waals surface area (Å²) in [5, 5.41) is 5.10. The normalized spacial score (nSPS) is 10.3. The lowest BCUT2D eigenvalue weighted by Crippen LogP contribution is -2.13. The molecule has 0 aliphatic carbocycles.